The van der Waals surface area contributed by atoms with Crippen molar-refractivity contribution in [1.29, 1.82) is 0 Å². The Morgan fingerprint density at radius 2 is 2.23 bits per heavy atom. The highest BCUT2D eigenvalue weighted by molar-refractivity contribution is 5.81. The highest BCUT2D eigenvalue weighted by Gasteiger charge is 2.42. The number of hydrogen-bond acceptors (Lipinski definition) is 4. The molecule has 2 aliphatic rings. The highest BCUT2D eigenvalue weighted by atomic mass is 16.5. The van der Waals surface area contributed by atoms with E-state index in [2.05, 4.69) is 16.8 Å². The monoisotopic (exact) mass is 183 g/mol. The molecule has 1 fully saturated rings. The van der Waals surface area contributed by atoms with Gasteiger partial charge >= 0.3 is 0 Å². The van der Waals surface area contributed by atoms with E-state index in [1.807, 2.05) is 0 Å². The zero-order valence-electron chi connectivity index (χ0n) is 8.12. The summed E-state index contributed by atoms with van der Waals surface area (Å²) in [5.41, 5.74) is 6.02. The van der Waals surface area contributed by atoms with E-state index in [0.717, 1.165) is 39.1 Å². The number of rotatable bonds is 1. The van der Waals surface area contributed by atoms with E-state index in [-0.39, 0.29) is 5.54 Å². The van der Waals surface area contributed by atoms with Crippen LogP contribution in [0.25, 0.3) is 0 Å². The molecular weight excluding hydrogens is 166 g/mol. The summed E-state index contributed by atoms with van der Waals surface area (Å²) >= 11 is 0. The van der Waals surface area contributed by atoms with Crippen molar-refractivity contribution in [2.24, 2.45) is 10.7 Å². The molecule has 0 aliphatic carbocycles. The molecule has 2 rings (SSSR count). The van der Waals surface area contributed by atoms with E-state index in [0.29, 0.717) is 5.96 Å². The quantitative estimate of drug-likeness (QED) is 0.631. The van der Waals surface area contributed by atoms with Crippen LogP contribution in [0.3, 0.4) is 0 Å². The zero-order valence-corrected chi connectivity index (χ0v) is 8.12. The first-order valence-corrected chi connectivity index (χ1v) is 4.94. The SMILES string of the molecule is CCN1C(N)=NCC12CCOCC2. The Morgan fingerprint density at radius 3 is 2.85 bits per heavy atom. The second kappa shape index (κ2) is 3.18. The molecule has 0 amide bonds. The summed E-state index contributed by atoms with van der Waals surface area (Å²) in [6, 6.07) is 0. The molecule has 4 nitrogen and oxygen atoms in total. The molecule has 1 spiro atoms. The van der Waals surface area contributed by atoms with Gasteiger partial charge in [-0.15, -0.1) is 0 Å². The molecule has 2 N–H and O–H groups in total. The van der Waals surface area contributed by atoms with Crippen molar-refractivity contribution in [3.8, 4) is 0 Å². The lowest BCUT2D eigenvalue weighted by Crippen LogP contribution is -2.54. The Bertz CT molecular complexity index is 221. The van der Waals surface area contributed by atoms with E-state index < -0.39 is 0 Å². The first-order valence-electron chi connectivity index (χ1n) is 4.94. The van der Waals surface area contributed by atoms with Gasteiger partial charge in [-0.1, -0.05) is 0 Å². The number of nitrogens with zero attached hydrogens (tertiary/aromatic N) is 2. The molecule has 0 aromatic rings. The van der Waals surface area contributed by atoms with E-state index in [1.54, 1.807) is 0 Å². The number of nitrogens with two attached hydrogens (primary N) is 1. The Hall–Kier alpha value is -0.770. The minimum Gasteiger partial charge on any atom is -0.381 e. The summed E-state index contributed by atoms with van der Waals surface area (Å²) in [7, 11) is 0. The third-order valence-corrected chi connectivity index (χ3v) is 3.12. The van der Waals surface area contributed by atoms with Crippen LogP contribution in [-0.2, 0) is 4.74 Å². The summed E-state index contributed by atoms with van der Waals surface area (Å²) in [5, 5.41) is 0. The Morgan fingerprint density at radius 1 is 1.54 bits per heavy atom. The van der Waals surface area contributed by atoms with E-state index in [1.165, 1.54) is 0 Å². The molecule has 2 aliphatic heterocycles. The predicted molar refractivity (Wildman–Crippen MR) is 51.7 cm³/mol. The molecule has 0 atom stereocenters. The van der Waals surface area contributed by atoms with Crippen molar-refractivity contribution < 1.29 is 4.74 Å². The molecule has 0 unspecified atom stereocenters. The predicted octanol–water partition coefficient (Wildman–Crippen LogP) is 0.186. The van der Waals surface area contributed by atoms with E-state index >= 15 is 0 Å². The lowest BCUT2D eigenvalue weighted by molar-refractivity contribution is 0.0129. The molecule has 2 heterocycles. The van der Waals surface area contributed by atoms with Crippen molar-refractivity contribution in [3.05, 3.63) is 0 Å². The molecule has 1 saturated heterocycles. The van der Waals surface area contributed by atoms with Crippen LogP contribution >= 0.6 is 0 Å². The maximum absolute atomic E-state index is 5.83. The van der Waals surface area contributed by atoms with Crippen molar-refractivity contribution >= 4 is 5.96 Å². The van der Waals surface area contributed by atoms with Gasteiger partial charge < -0.3 is 15.4 Å². The van der Waals surface area contributed by atoms with Crippen LogP contribution in [0, 0.1) is 0 Å². The van der Waals surface area contributed by atoms with Crippen molar-refractivity contribution in [3.63, 3.8) is 0 Å². The molecule has 74 valence electrons. The Balaban J connectivity index is 2.14. The lowest BCUT2D eigenvalue weighted by atomic mass is 9.89. The highest BCUT2D eigenvalue weighted by Crippen LogP contribution is 2.31. The number of likely N-dealkylation sites (N-methyl/N-ethyl adjacent to an activating group) is 1. The molecular formula is C9H17N3O. The third kappa shape index (κ3) is 1.29. The standard InChI is InChI=1S/C9H17N3O/c1-2-12-8(10)11-7-9(12)3-5-13-6-4-9/h2-7H2,1H3,(H2,10,11). The van der Waals surface area contributed by atoms with Crippen molar-refractivity contribution in [1.82, 2.24) is 4.90 Å². The zero-order chi connectivity index (χ0) is 9.31. The molecule has 0 bridgehead atoms. The normalized spacial score (nSPS) is 26.5. The van der Waals surface area contributed by atoms with Crippen LogP contribution in [0.15, 0.2) is 4.99 Å². The number of ether oxygens (including phenoxy) is 1. The minimum atomic E-state index is 0.192. The smallest absolute Gasteiger partial charge is 0.191 e. The first kappa shape index (κ1) is 8.81. The number of aliphatic imine (C=N–C) groups is 1. The molecule has 13 heavy (non-hydrogen) atoms. The van der Waals surface area contributed by atoms with E-state index in [4.69, 9.17) is 10.5 Å². The van der Waals surface area contributed by atoms with Gasteiger partial charge in [0.1, 0.15) is 0 Å². The second-order valence-electron chi connectivity index (χ2n) is 3.76. The van der Waals surface area contributed by atoms with Gasteiger partial charge in [0.05, 0.1) is 12.1 Å². The summed E-state index contributed by atoms with van der Waals surface area (Å²) in [6.07, 6.45) is 2.12. The Labute approximate surface area is 78.8 Å². The lowest BCUT2D eigenvalue weighted by Gasteiger charge is -2.41. The van der Waals surface area contributed by atoms with Crippen LogP contribution in [0.4, 0.5) is 0 Å². The first-order chi connectivity index (χ1) is 6.28. The van der Waals surface area contributed by atoms with E-state index in [9.17, 15) is 0 Å². The van der Waals surface area contributed by atoms with Gasteiger partial charge in [0.2, 0.25) is 0 Å². The molecule has 0 saturated carbocycles. The maximum Gasteiger partial charge on any atom is 0.191 e. The molecule has 0 aromatic heterocycles. The number of hydrogen-bond donors (Lipinski definition) is 1. The van der Waals surface area contributed by atoms with Gasteiger partial charge in [-0.05, 0) is 19.8 Å². The largest absolute Gasteiger partial charge is 0.381 e. The Kier molecular flexibility index (Phi) is 2.15. The third-order valence-electron chi connectivity index (χ3n) is 3.12. The van der Waals surface area contributed by atoms with Crippen LogP contribution in [0.5, 0.6) is 0 Å². The summed E-state index contributed by atoms with van der Waals surface area (Å²) in [4.78, 5) is 6.56. The average molecular weight is 183 g/mol. The van der Waals surface area contributed by atoms with Crippen LogP contribution in [0.1, 0.15) is 19.8 Å². The van der Waals surface area contributed by atoms with Gasteiger partial charge in [0.25, 0.3) is 0 Å². The van der Waals surface area contributed by atoms with Gasteiger partial charge in [-0.2, -0.15) is 0 Å². The summed E-state index contributed by atoms with van der Waals surface area (Å²) in [6.45, 7) is 5.63. The molecule has 4 heteroatoms. The number of guanidine groups is 1. The van der Waals surface area contributed by atoms with Crippen LogP contribution in [-0.4, -0.2) is 42.7 Å². The van der Waals surface area contributed by atoms with Gasteiger partial charge in [-0.3, -0.25) is 4.99 Å². The van der Waals surface area contributed by atoms with Gasteiger partial charge in [0, 0.05) is 19.8 Å². The fourth-order valence-electron chi connectivity index (χ4n) is 2.32. The van der Waals surface area contributed by atoms with Gasteiger partial charge in [0.15, 0.2) is 5.96 Å². The van der Waals surface area contributed by atoms with Crippen molar-refractivity contribution in [2.45, 2.75) is 25.3 Å². The topological polar surface area (TPSA) is 50.8 Å². The molecule has 0 aromatic carbocycles. The fraction of sp³-hybridized carbons (Fsp3) is 0.889. The molecule has 0 radical (unpaired) electrons. The summed E-state index contributed by atoms with van der Waals surface area (Å²) in [5.74, 6) is 0.712. The average Bonchev–Trinajstić information content (AvgIpc) is 2.45. The summed E-state index contributed by atoms with van der Waals surface area (Å²) < 4.78 is 5.37. The van der Waals surface area contributed by atoms with Crippen LogP contribution in [0.2, 0.25) is 0 Å². The minimum absolute atomic E-state index is 0.192. The maximum atomic E-state index is 5.83. The second-order valence-corrected chi connectivity index (χ2v) is 3.76. The van der Waals surface area contributed by atoms with Crippen LogP contribution < -0.4 is 5.73 Å². The van der Waals surface area contributed by atoms with Gasteiger partial charge in [-0.25, -0.2) is 0 Å². The van der Waals surface area contributed by atoms with Crippen molar-refractivity contribution in [2.75, 3.05) is 26.3 Å². The fourth-order valence-corrected chi connectivity index (χ4v) is 2.32.